The molecule has 1 saturated heterocycles. The summed E-state index contributed by atoms with van der Waals surface area (Å²) in [5.74, 6) is -0.447. The molecule has 4 rings (SSSR count). The van der Waals surface area contributed by atoms with E-state index in [0.717, 1.165) is 11.1 Å². The summed E-state index contributed by atoms with van der Waals surface area (Å²) in [5, 5.41) is 39.8. The van der Waals surface area contributed by atoms with Crippen molar-refractivity contribution in [1.82, 2.24) is 9.97 Å². The molecular weight excluding hydrogens is 392 g/mol. The Labute approximate surface area is 171 Å². The van der Waals surface area contributed by atoms with Crippen LogP contribution in [0.4, 0.5) is 0 Å². The van der Waals surface area contributed by atoms with Crippen LogP contribution in [0.15, 0.2) is 42.5 Å². The van der Waals surface area contributed by atoms with Gasteiger partial charge in [-0.25, -0.2) is 9.78 Å². The lowest BCUT2D eigenvalue weighted by Gasteiger charge is -2.40. The van der Waals surface area contributed by atoms with Gasteiger partial charge in [-0.15, -0.1) is 0 Å². The third kappa shape index (κ3) is 3.57. The van der Waals surface area contributed by atoms with E-state index in [-0.39, 0.29) is 5.82 Å². The molecule has 30 heavy (non-hydrogen) atoms. The number of esters is 1. The van der Waals surface area contributed by atoms with Gasteiger partial charge in [0.15, 0.2) is 0 Å². The molecular formula is C21H22N2O7. The summed E-state index contributed by atoms with van der Waals surface area (Å²) in [5.41, 5.74) is 3.49. The SMILES string of the molecule is COC(=O)c1nc2ccc(-c3cccc(C4OC(CO)C(O)C(O)C4O)c3)cc2[nH]1. The summed E-state index contributed by atoms with van der Waals surface area (Å²) >= 11 is 0. The van der Waals surface area contributed by atoms with Crippen molar-refractivity contribution < 1.29 is 34.7 Å². The van der Waals surface area contributed by atoms with Gasteiger partial charge in [0.05, 0.1) is 24.8 Å². The summed E-state index contributed by atoms with van der Waals surface area (Å²) in [6, 6.07) is 12.6. The number of ether oxygens (including phenoxy) is 2. The molecule has 1 aliphatic heterocycles. The van der Waals surface area contributed by atoms with Gasteiger partial charge in [0.25, 0.3) is 0 Å². The van der Waals surface area contributed by atoms with Crippen molar-refractivity contribution in [3.05, 3.63) is 53.9 Å². The fourth-order valence-electron chi connectivity index (χ4n) is 3.65. The Morgan fingerprint density at radius 2 is 1.87 bits per heavy atom. The van der Waals surface area contributed by atoms with Crippen LogP contribution in [0, 0.1) is 0 Å². The number of aromatic nitrogens is 2. The largest absolute Gasteiger partial charge is 0.463 e. The van der Waals surface area contributed by atoms with Crippen molar-refractivity contribution in [1.29, 1.82) is 0 Å². The van der Waals surface area contributed by atoms with Gasteiger partial charge in [0.2, 0.25) is 5.82 Å². The molecule has 9 heteroatoms. The molecule has 0 aliphatic carbocycles. The van der Waals surface area contributed by atoms with E-state index in [0.29, 0.717) is 16.6 Å². The van der Waals surface area contributed by atoms with Gasteiger partial charge in [-0.1, -0.05) is 24.3 Å². The van der Waals surface area contributed by atoms with Crippen molar-refractivity contribution in [2.45, 2.75) is 30.5 Å². The number of H-pyrrole nitrogens is 1. The number of carbonyl (C=O) groups excluding carboxylic acids is 1. The molecule has 2 aromatic carbocycles. The van der Waals surface area contributed by atoms with E-state index in [9.17, 15) is 25.2 Å². The first kappa shape index (κ1) is 20.5. The van der Waals surface area contributed by atoms with Crippen molar-refractivity contribution >= 4 is 17.0 Å². The average molecular weight is 414 g/mol. The van der Waals surface area contributed by atoms with Gasteiger partial charge >= 0.3 is 5.97 Å². The highest BCUT2D eigenvalue weighted by atomic mass is 16.5. The molecule has 3 aromatic rings. The van der Waals surface area contributed by atoms with Crippen LogP contribution in [0.3, 0.4) is 0 Å². The standard InChI is InChI=1S/C21H22N2O7/c1-29-21(28)20-22-13-6-5-11(8-14(13)23-20)10-3-2-4-12(7-10)19-18(27)17(26)16(25)15(9-24)30-19/h2-8,15-19,24-27H,9H2,1H3,(H,22,23). The molecule has 1 fully saturated rings. The van der Waals surface area contributed by atoms with Gasteiger partial charge in [-0.05, 0) is 34.9 Å². The zero-order valence-electron chi connectivity index (χ0n) is 16.1. The maximum Gasteiger partial charge on any atom is 0.374 e. The smallest absolute Gasteiger partial charge is 0.374 e. The van der Waals surface area contributed by atoms with Crippen LogP contribution in [-0.4, -0.2) is 74.5 Å². The first-order valence-corrected chi connectivity index (χ1v) is 9.42. The molecule has 1 aliphatic rings. The van der Waals surface area contributed by atoms with Crippen molar-refractivity contribution in [3.8, 4) is 11.1 Å². The highest BCUT2D eigenvalue weighted by Crippen LogP contribution is 2.34. The molecule has 5 N–H and O–H groups in total. The minimum atomic E-state index is -1.44. The number of methoxy groups -OCH3 is 1. The molecule has 0 saturated carbocycles. The molecule has 5 atom stereocenters. The fraction of sp³-hybridized carbons (Fsp3) is 0.333. The highest BCUT2D eigenvalue weighted by molar-refractivity contribution is 5.91. The van der Waals surface area contributed by atoms with E-state index in [1.165, 1.54) is 7.11 Å². The van der Waals surface area contributed by atoms with Gasteiger partial charge in [0, 0.05) is 0 Å². The lowest BCUT2D eigenvalue weighted by atomic mass is 9.90. The van der Waals surface area contributed by atoms with Crippen LogP contribution >= 0.6 is 0 Å². The van der Waals surface area contributed by atoms with E-state index in [1.807, 2.05) is 18.2 Å². The molecule has 0 amide bonds. The zero-order chi connectivity index (χ0) is 21.4. The second-order valence-electron chi connectivity index (χ2n) is 7.18. The topological polar surface area (TPSA) is 145 Å². The minimum absolute atomic E-state index is 0.111. The molecule has 9 nitrogen and oxygen atoms in total. The number of imidazole rings is 1. The third-order valence-corrected chi connectivity index (χ3v) is 5.30. The van der Waals surface area contributed by atoms with E-state index in [2.05, 4.69) is 14.7 Å². The normalized spacial score (nSPS) is 26.6. The lowest BCUT2D eigenvalue weighted by Crippen LogP contribution is -2.55. The molecule has 2 heterocycles. The Bertz CT molecular complexity index is 1060. The second kappa shape index (κ2) is 8.13. The molecule has 0 bridgehead atoms. The predicted octanol–water partition coefficient (Wildman–Crippen LogP) is 0.531. The number of fused-ring (bicyclic) bond motifs is 1. The third-order valence-electron chi connectivity index (χ3n) is 5.30. The maximum atomic E-state index is 11.7. The van der Waals surface area contributed by atoms with Gasteiger partial charge in [-0.2, -0.15) is 0 Å². The van der Waals surface area contributed by atoms with Crippen LogP contribution in [0.2, 0.25) is 0 Å². The van der Waals surface area contributed by atoms with Crippen LogP contribution in [-0.2, 0) is 9.47 Å². The van der Waals surface area contributed by atoms with Gasteiger partial charge in [-0.3, -0.25) is 0 Å². The second-order valence-corrected chi connectivity index (χ2v) is 7.18. The van der Waals surface area contributed by atoms with Crippen molar-refractivity contribution in [2.24, 2.45) is 0 Å². The lowest BCUT2D eigenvalue weighted by molar-refractivity contribution is -0.231. The van der Waals surface area contributed by atoms with Crippen LogP contribution in [0.25, 0.3) is 22.2 Å². The number of aliphatic hydroxyl groups is 4. The monoisotopic (exact) mass is 414 g/mol. The number of hydrogen-bond acceptors (Lipinski definition) is 8. The summed E-state index contributed by atoms with van der Waals surface area (Å²) in [7, 11) is 1.28. The van der Waals surface area contributed by atoms with Gasteiger partial charge in [0.1, 0.15) is 30.5 Å². The van der Waals surface area contributed by atoms with Crippen molar-refractivity contribution in [2.75, 3.05) is 13.7 Å². The highest BCUT2D eigenvalue weighted by Gasteiger charge is 2.43. The maximum absolute atomic E-state index is 11.7. The predicted molar refractivity (Wildman–Crippen MR) is 106 cm³/mol. The Morgan fingerprint density at radius 1 is 1.10 bits per heavy atom. The Balaban J connectivity index is 1.67. The van der Waals surface area contributed by atoms with Crippen LogP contribution in [0.1, 0.15) is 22.3 Å². The van der Waals surface area contributed by atoms with E-state index in [1.54, 1.807) is 24.3 Å². The van der Waals surface area contributed by atoms with Crippen molar-refractivity contribution in [3.63, 3.8) is 0 Å². The van der Waals surface area contributed by atoms with Gasteiger partial charge < -0.3 is 34.9 Å². The van der Waals surface area contributed by atoms with E-state index >= 15 is 0 Å². The number of aromatic amines is 1. The quantitative estimate of drug-likeness (QED) is 0.389. The van der Waals surface area contributed by atoms with Crippen LogP contribution < -0.4 is 0 Å². The zero-order valence-corrected chi connectivity index (χ0v) is 16.1. The number of hydrogen-bond donors (Lipinski definition) is 5. The summed E-state index contributed by atoms with van der Waals surface area (Å²) in [4.78, 5) is 18.8. The summed E-state index contributed by atoms with van der Waals surface area (Å²) < 4.78 is 10.3. The number of carbonyl (C=O) groups is 1. The van der Waals surface area contributed by atoms with Crippen LogP contribution in [0.5, 0.6) is 0 Å². The molecule has 0 spiro atoms. The minimum Gasteiger partial charge on any atom is -0.463 e. The first-order chi connectivity index (χ1) is 14.4. The molecule has 0 radical (unpaired) electrons. The summed E-state index contributed by atoms with van der Waals surface area (Å²) in [6.07, 6.45) is -6.09. The van der Waals surface area contributed by atoms with E-state index < -0.39 is 43.1 Å². The Morgan fingerprint density at radius 3 is 2.60 bits per heavy atom. The first-order valence-electron chi connectivity index (χ1n) is 9.42. The number of nitrogens with one attached hydrogen (secondary N) is 1. The number of aliphatic hydroxyl groups excluding tert-OH is 4. The number of rotatable bonds is 4. The molecule has 1 aromatic heterocycles. The Hall–Kier alpha value is -2.82. The Kier molecular flexibility index (Phi) is 5.54. The number of nitrogens with zero attached hydrogens (tertiary/aromatic N) is 1. The molecule has 5 unspecified atom stereocenters. The summed E-state index contributed by atoms with van der Waals surface area (Å²) in [6.45, 7) is -0.486. The fourth-order valence-corrected chi connectivity index (χ4v) is 3.65. The van der Waals surface area contributed by atoms with E-state index in [4.69, 9.17) is 4.74 Å². The molecule has 158 valence electrons. The average Bonchev–Trinajstić information content (AvgIpc) is 3.20. The number of benzene rings is 2.